The monoisotopic (exact) mass is 450 g/mol. The average Bonchev–Trinajstić information content (AvgIpc) is 3.27. The van der Waals surface area contributed by atoms with Crippen molar-refractivity contribution in [3.63, 3.8) is 0 Å². The van der Waals surface area contributed by atoms with Gasteiger partial charge in [0, 0.05) is 23.1 Å². The third-order valence-corrected chi connectivity index (χ3v) is 8.31. The van der Waals surface area contributed by atoms with Crippen LogP contribution in [-0.4, -0.2) is 31.4 Å². The predicted molar refractivity (Wildman–Crippen MR) is 119 cm³/mol. The Kier molecular flexibility index (Phi) is 7.19. The minimum atomic E-state index is -3.59. The van der Waals surface area contributed by atoms with Crippen molar-refractivity contribution in [2.24, 2.45) is 0 Å². The number of sulfonamides is 1. The Morgan fingerprint density at radius 1 is 0.967 bits per heavy atom. The Labute approximate surface area is 184 Å². The molecule has 7 heteroatoms. The van der Waals surface area contributed by atoms with Gasteiger partial charge in [-0.3, -0.25) is 4.90 Å². The highest BCUT2D eigenvalue weighted by atomic mass is 35.5. The van der Waals surface area contributed by atoms with Crippen molar-refractivity contribution in [1.82, 2.24) is 9.62 Å². The largest absolute Gasteiger partial charge is 0.468 e. The second kappa shape index (κ2) is 9.86. The highest BCUT2D eigenvalue weighted by molar-refractivity contribution is 7.89. The van der Waals surface area contributed by atoms with Gasteiger partial charge in [0.15, 0.2) is 0 Å². The van der Waals surface area contributed by atoms with Crippen LogP contribution in [0.2, 0.25) is 5.02 Å². The van der Waals surface area contributed by atoms with Crippen LogP contribution in [0.25, 0.3) is 0 Å². The molecule has 2 aliphatic carbocycles. The van der Waals surface area contributed by atoms with Crippen LogP contribution in [0.1, 0.15) is 63.5 Å². The fourth-order valence-corrected chi connectivity index (χ4v) is 6.47. The van der Waals surface area contributed by atoms with E-state index in [0.29, 0.717) is 11.1 Å². The van der Waals surface area contributed by atoms with Gasteiger partial charge in [-0.15, -0.1) is 0 Å². The molecule has 0 saturated heterocycles. The van der Waals surface area contributed by atoms with Crippen LogP contribution >= 0.6 is 11.6 Å². The van der Waals surface area contributed by atoms with Crippen molar-refractivity contribution in [3.8, 4) is 0 Å². The maximum Gasteiger partial charge on any atom is 0.240 e. The normalized spacial score (nSPS) is 23.7. The second-order valence-electron chi connectivity index (χ2n) is 8.58. The van der Waals surface area contributed by atoms with Crippen LogP contribution in [0.3, 0.4) is 0 Å². The standard InChI is InChI=1S/C23H31ClN2O3S/c24-18-12-14-21(15-13-18)30(27,28)25-22-10-4-5-11-23(22)26(17-20-9-6-16-29-20)19-7-2-1-3-8-19/h6,9,12-16,19,22-23,25H,1-5,7-8,10-11,17H2. The summed E-state index contributed by atoms with van der Waals surface area (Å²) in [7, 11) is -3.59. The maximum atomic E-state index is 13.1. The molecule has 0 spiro atoms. The van der Waals surface area contributed by atoms with Crippen LogP contribution in [-0.2, 0) is 16.6 Å². The van der Waals surface area contributed by atoms with Crippen molar-refractivity contribution in [2.75, 3.05) is 0 Å². The van der Waals surface area contributed by atoms with E-state index in [1.807, 2.05) is 12.1 Å². The van der Waals surface area contributed by atoms with E-state index < -0.39 is 10.0 Å². The number of rotatable bonds is 7. The molecule has 2 fully saturated rings. The van der Waals surface area contributed by atoms with E-state index in [1.54, 1.807) is 30.5 Å². The third kappa shape index (κ3) is 5.28. The first-order valence-corrected chi connectivity index (χ1v) is 12.9. The molecule has 2 unspecified atom stereocenters. The zero-order valence-electron chi connectivity index (χ0n) is 17.3. The summed E-state index contributed by atoms with van der Waals surface area (Å²) in [5.41, 5.74) is 0. The molecule has 1 aromatic heterocycles. The summed E-state index contributed by atoms with van der Waals surface area (Å²) in [6, 6.07) is 10.9. The van der Waals surface area contributed by atoms with Crippen molar-refractivity contribution in [3.05, 3.63) is 53.4 Å². The van der Waals surface area contributed by atoms with Crippen molar-refractivity contribution >= 4 is 21.6 Å². The molecule has 0 aliphatic heterocycles. The van der Waals surface area contributed by atoms with Gasteiger partial charge in [-0.05, 0) is 62.1 Å². The van der Waals surface area contributed by atoms with E-state index in [9.17, 15) is 8.42 Å². The minimum Gasteiger partial charge on any atom is -0.468 e. The fourth-order valence-electron chi connectivity index (χ4n) is 5.04. The first-order valence-electron chi connectivity index (χ1n) is 11.1. The quantitative estimate of drug-likeness (QED) is 0.616. The summed E-state index contributed by atoms with van der Waals surface area (Å²) in [6.45, 7) is 0.738. The van der Waals surface area contributed by atoms with Gasteiger partial charge in [0.25, 0.3) is 0 Å². The molecule has 1 N–H and O–H groups in total. The summed E-state index contributed by atoms with van der Waals surface area (Å²) >= 11 is 5.94. The number of hydrogen-bond acceptors (Lipinski definition) is 4. The van der Waals surface area contributed by atoms with E-state index >= 15 is 0 Å². The van der Waals surface area contributed by atoms with Crippen molar-refractivity contribution in [1.29, 1.82) is 0 Å². The van der Waals surface area contributed by atoms with Gasteiger partial charge in [0.05, 0.1) is 17.7 Å². The lowest BCUT2D eigenvalue weighted by atomic mass is 9.86. The molecule has 2 aromatic rings. The van der Waals surface area contributed by atoms with Crippen molar-refractivity contribution in [2.45, 2.75) is 87.4 Å². The SMILES string of the molecule is O=S(=O)(NC1CCCCC1N(Cc1ccco1)C1CCCCC1)c1ccc(Cl)cc1. The molecule has 2 saturated carbocycles. The molecule has 0 radical (unpaired) electrons. The van der Waals surface area contributed by atoms with Crippen LogP contribution in [0.4, 0.5) is 0 Å². The van der Waals surface area contributed by atoms with Crippen molar-refractivity contribution < 1.29 is 12.8 Å². The molecule has 4 rings (SSSR count). The highest BCUT2D eigenvalue weighted by Gasteiger charge is 2.37. The number of furan rings is 1. The Hall–Kier alpha value is -1.34. The maximum absolute atomic E-state index is 13.1. The average molecular weight is 451 g/mol. The molecule has 5 nitrogen and oxygen atoms in total. The Morgan fingerprint density at radius 3 is 2.37 bits per heavy atom. The van der Waals surface area contributed by atoms with E-state index in [0.717, 1.165) is 38.0 Å². The van der Waals surface area contributed by atoms with Crippen LogP contribution < -0.4 is 4.72 Å². The molecule has 2 atom stereocenters. The first kappa shape index (κ1) is 21.9. The number of nitrogens with one attached hydrogen (secondary N) is 1. The lowest BCUT2D eigenvalue weighted by molar-refractivity contribution is 0.0517. The highest BCUT2D eigenvalue weighted by Crippen LogP contribution is 2.32. The molecule has 2 aliphatic rings. The van der Waals surface area contributed by atoms with Gasteiger partial charge in [-0.2, -0.15) is 0 Å². The molecule has 30 heavy (non-hydrogen) atoms. The minimum absolute atomic E-state index is 0.101. The molecule has 0 amide bonds. The number of benzene rings is 1. The van der Waals surface area contributed by atoms with E-state index in [1.165, 1.54) is 32.1 Å². The van der Waals surface area contributed by atoms with Gasteiger partial charge in [-0.25, -0.2) is 13.1 Å². The van der Waals surface area contributed by atoms with E-state index in [2.05, 4.69) is 9.62 Å². The van der Waals surface area contributed by atoms with Gasteiger partial charge in [0.1, 0.15) is 5.76 Å². The number of nitrogens with zero attached hydrogens (tertiary/aromatic N) is 1. The number of halogens is 1. The van der Waals surface area contributed by atoms with Crippen LogP contribution in [0.5, 0.6) is 0 Å². The van der Waals surface area contributed by atoms with Gasteiger partial charge in [0.2, 0.25) is 10.0 Å². The van der Waals surface area contributed by atoms with Gasteiger partial charge < -0.3 is 4.42 Å². The fraction of sp³-hybridized carbons (Fsp3) is 0.565. The van der Waals surface area contributed by atoms with Crippen LogP contribution in [0.15, 0.2) is 52.0 Å². The van der Waals surface area contributed by atoms with Gasteiger partial charge >= 0.3 is 0 Å². The Balaban J connectivity index is 1.57. The smallest absolute Gasteiger partial charge is 0.240 e. The summed E-state index contributed by atoms with van der Waals surface area (Å²) in [5.74, 6) is 0.949. The topological polar surface area (TPSA) is 62.6 Å². The molecule has 164 valence electrons. The summed E-state index contributed by atoms with van der Waals surface area (Å²) in [5, 5.41) is 0.534. The lowest BCUT2D eigenvalue weighted by Crippen LogP contribution is -2.56. The summed E-state index contributed by atoms with van der Waals surface area (Å²) in [4.78, 5) is 2.80. The van der Waals surface area contributed by atoms with E-state index in [4.69, 9.17) is 16.0 Å². The zero-order valence-corrected chi connectivity index (χ0v) is 18.9. The predicted octanol–water partition coefficient (Wildman–Crippen LogP) is 5.36. The number of hydrogen-bond donors (Lipinski definition) is 1. The Bertz CT molecular complexity index is 893. The second-order valence-corrected chi connectivity index (χ2v) is 10.7. The zero-order chi connectivity index (χ0) is 21.0. The van der Waals surface area contributed by atoms with Crippen LogP contribution in [0, 0.1) is 0 Å². The Morgan fingerprint density at radius 2 is 1.67 bits per heavy atom. The summed E-state index contributed by atoms with van der Waals surface area (Å²) in [6.07, 6.45) is 11.9. The summed E-state index contributed by atoms with van der Waals surface area (Å²) < 4.78 is 34.9. The molecule has 1 heterocycles. The molecule has 1 aromatic carbocycles. The third-order valence-electron chi connectivity index (χ3n) is 6.55. The van der Waals surface area contributed by atoms with Gasteiger partial charge in [-0.1, -0.05) is 43.7 Å². The molecular formula is C23H31ClN2O3S. The first-order chi connectivity index (χ1) is 14.5. The lowest BCUT2D eigenvalue weighted by Gasteiger charge is -2.45. The molecular weight excluding hydrogens is 420 g/mol. The van der Waals surface area contributed by atoms with E-state index in [-0.39, 0.29) is 17.0 Å². The molecule has 0 bridgehead atoms.